The molecule has 0 aliphatic rings. The quantitative estimate of drug-likeness (QED) is 0.299. The van der Waals surface area contributed by atoms with Gasteiger partial charge in [0.25, 0.3) is 0 Å². The first kappa shape index (κ1) is 6.47. The molecule has 6 heavy (non-hydrogen) atoms. The van der Waals surface area contributed by atoms with Crippen LogP contribution in [0.1, 0.15) is 6.92 Å². The van der Waals surface area contributed by atoms with Crippen LogP contribution in [0, 0.1) is 0 Å². The molecule has 0 heterocycles. The summed E-state index contributed by atoms with van der Waals surface area (Å²) in [5, 5.41) is 0. The molecule has 0 aromatic carbocycles. The SMILES string of the molecule is CCOC[SiH2]Cl. The van der Waals surface area contributed by atoms with E-state index in [1.165, 1.54) is 0 Å². The lowest BCUT2D eigenvalue weighted by Gasteiger charge is -1.89. The second-order valence-electron chi connectivity index (χ2n) is 0.886. The van der Waals surface area contributed by atoms with Gasteiger partial charge in [-0.2, -0.15) is 11.1 Å². The number of halogens is 1. The third kappa shape index (κ3) is 4.47. The summed E-state index contributed by atoms with van der Waals surface area (Å²) in [6.07, 6.45) is 0.818. The van der Waals surface area contributed by atoms with E-state index in [2.05, 4.69) is 0 Å². The molecule has 0 aromatic rings. The zero-order valence-electron chi connectivity index (χ0n) is 3.91. The van der Waals surface area contributed by atoms with Crippen LogP contribution in [0.15, 0.2) is 0 Å². The van der Waals surface area contributed by atoms with Crippen molar-refractivity contribution in [1.29, 1.82) is 0 Å². The third-order valence-electron chi connectivity index (χ3n) is 0.426. The summed E-state index contributed by atoms with van der Waals surface area (Å²) in [5.41, 5.74) is 0. The summed E-state index contributed by atoms with van der Waals surface area (Å²) in [7, 11) is -0.347. The maximum absolute atomic E-state index is 5.39. The third-order valence-corrected chi connectivity index (χ3v) is 1.33. The molecule has 38 valence electrons. The maximum atomic E-state index is 5.39. The van der Waals surface area contributed by atoms with Crippen molar-refractivity contribution in [2.24, 2.45) is 0 Å². The van der Waals surface area contributed by atoms with Gasteiger partial charge in [-0.1, -0.05) is 0 Å². The van der Waals surface area contributed by atoms with Gasteiger partial charge in [0.1, 0.15) is 0 Å². The first-order chi connectivity index (χ1) is 2.91. The maximum Gasteiger partial charge on any atom is 0.152 e. The Morgan fingerprint density at radius 1 is 1.83 bits per heavy atom. The van der Waals surface area contributed by atoms with E-state index in [-0.39, 0.29) is 8.83 Å². The summed E-state index contributed by atoms with van der Waals surface area (Å²) in [6, 6.07) is 0. The first-order valence-corrected chi connectivity index (χ1v) is 5.19. The second kappa shape index (κ2) is 5.47. The Morgan fingerprint density at radius 3 is 2.67 bits per heavy atom. The van der Waals surface area contributed by atoms with Crippen LogP contribution in [0.4, 0.5) is 0 Å². The van der Waals surface area contributed by atoms with Gasteiger partial charge in [-0.25, -0.2) is 0 Å². The molecule has 0 spiro atoms. The Hall–Kier alpha value is 0.467. The number of rotatable bonds is 3. The van der Waals surface area contributed by atoms with E-state index in [0.717, 1.165) is 12.8 Å². The Kier molecular flexibility index (Phi) is 5.89. The molecule has 1 nitrogen and oxygen atoms in total. The highest BCUT2D eigenvalue weighted by molar-refractivity contribution is 6.93. The minimum atomic E-state index is -0.347. The fraction of sp³-hybridized carbons (Fsp3) is 1.00. The Labute approximate surface area is 45.2 Å². The molecule has 0 aliphatic heterocycles. The van der Waals surface area contributed by atoms with E-state index >= 15 is 0 Å². The molecule has 0 atom stereocenters. The van der Waals surface area contributed by atoms with Gasteiger partial charge in [0.05, 0.1) is 0 Å². The smallest absolute Gasteiger partial charge is 0.152 e. The molecule has 0 aliphatic carbocycles. The predicted molar refractivity (Wildman–Crippen MR) is 30.9 cm³/mol. The molecule has 0 N–H and O–H groups in total. The molecule has 0 fully saturated rings. The molecular weight excluding hydrogens is 116 g/mol. The zero-order valence-corrected chi connectivity index (χ0v) is 6.08. The fourth-order valence-corrected chi connectivity index (χ4v) is 0.924. The second-order valence-corrected chi connectivity index (χ2v) is 2.81. The Morgan fingerprint density at radius 2 is 2.50 bits per heavy atom. The van der Waals surface area contributed by atoms with Crippen molar-refractivity contribution >= 4 is 19.9 Å². The molecule has 3 heteroatoms. The molecule has 0 amide bonds. The van der Waals surface area contributed by atoms with Crippen LogP contribution in [0.5, 0.6) is 0 Å². The van der Waals surface area contributed by atoms with Gasteiger partial charge < -0.3 is 4.74 Å². The summed E-state index contributed by atoms with van der Waals surface area (Å²) in [6.45, 7) is 2.78. The molecule has 0 bridgehead atoms. The van der Waals surface area contributed by atoms with Crippen molar-refractivity contribution in [3.05, 3.63) is 0 Å². The topological polar surface area (TPSA) is 9.23 Å². The van der Waals surface area contributed by atoms with Gasteiger partial charge in [0, 0.05) is 12.8 Å². The van der Waals surface area contributed by atoms with Gasteiger partial charge in [-0.3, -0.25) is 0 Å². The molecule has 0 saturated carbocycles. The number of ether oxygens (including phenoxy) is 1. The molecular formula is C3H9ClOSi. The highest BCUT2D eigenvalue weighted by Crippen LogP contribution is 1.71. The van der Waals surface area contributed by atoms with Crippen molar-refractivity contribution in [2.45, 2.75) is 6.92 Å². The van der Waals surface area contributed by atoms with Gasteiger partial charge in [0.2, 0.25) is 0 Å². The molecule has 0 unspecified atom stereocenters. The predicted octanol–water partition coefficient (Wildman–Crippen LogP) is 0.303. The summed E-state index contributed by atoms with van der Waals surface area (Å²) in [4.78, 5) is 0. The van der Waals surface area contributed by atoms with E-state index < -0.39 is 0 Å². The minimum absolute atomic E-state index is 0.347. The van der Waals surface area contributed by atoms with Gasteiger partial charge in [-0.15, -0.1) is 0 Å². The number of hydrogen-bond acceptors (Lipinski definition) is 1. The Bertz CT molecular complexity index is 22.8. The average molecular weight is 125 g/mol. The van der Waals surface area contributed by atoms with Crippen LogP contribution in [0.3, 0.4) is 0 Å². The zero-order chi connectivity index (χ0) is 4.83. The highest BCUT2D eigenvalue weighted by Gasteiger charge is 1.76. The van der Waals surface area contributed by atoms with Gasteiger partial charge in [-0.05, 0) is 6.92 Å². The minimum Gasteiger partial charge on any atom is -0.384 e. The molecule has 0 radical (unpaired) electrons. The lowest BCUT2D eigenvalue weighted by molar-refractivity contribution is 0.194. The summed E-state index contributed by atoms with van der Waals surface area (Å²) in [5.74, 6) is 0. The standard InChI is InChI=1S/C3H9ClOSi/c1-2-5-3-6-4/h2-3,6H2,1H3. The van der Waals surface area contributed by atoms with Crippen LogP contribution in [-0.2, 0) is 4.74 Å². The van der Waals surface area contributed by atoms with E-state index in [1.807, 2.05) is 6.92 Å². The van der Waals surface area contributed by atoms with Crippen molar-refractivity contribution in [3.8, 4) is 0 Å². The monoisotopic (exact) mass is 124 g/mol. The van der Waals surface area contributed by atoms with Crippen LogP contribution in [0.25, 0.3) is 0 Å². The van der Waals surface area contributed by atoms with E-state index in [9.17, 15) is 0 Å². The normalized spacial score (nSPS) is 11.0. The highest BCUT2D eigenvalue weighted by atomic mass is 35.6. The van der Waals surface area contributed by atoms with Crippen LogP contribution < -0.4 is 0 Å². The van der Waals surface area contributed by atoms with E-state index in [0.29, 0.717) is 0 Å². The largest absolute Gasteiger partial charge is 0.384 e. The molecule has 0 rings (SSSR count). The lowest BCUT2D eigenvalue weighted by Crippen LogP contribution is -1.95. The van der Waals surface area contributed by atoms with Crippen molar-refractivity contribution in [2.75, 3.05) is 12.8 Å². The lowest BCUT2D eigenvalue weighted by atomic mass is 10.9. The average Bonchev–Trinajstić information content (AvgIpc) is 1.61. The summed E-state index contributed by atoms with van der Waals surface area (Å²) >= 11 is 5.39. The van der Waals surface area contributed by atoms with Crippen LogP contribution in [0.2, 0.25) is 0 Å². The van der Waals surface area contributed by atoms with Crippen molar-refractivity contribution in [3.63, 3.8) is 0 Å². The van der Waals surface area contributed by atoms with Crippen LogP contribution >= 0.6 is 11.1 Å². The van der Waals surface area contributed by atoms with Gasteiger partial charge in [0.15, 0.2) is 8.83 Å². The van der Waals surface area contributed by atoms with Crippen molar-refractivity contribution < 1.29 is 4.74 Å². The number of hydrogen-bond donors (Lipinski definition) is 0. The van der Waals surface area contributed by atoms with Crippen LogP contribution in [-0.4, -0.2) is 21.7 Å². The Balaban J connectivity index is 2.34. The van der Waals surface area contributed by atoms with E-state index in [1.54, 1.807) is 0 Å². The fourth-order valence-electron chi connectivity index (χ4n) is 0.199. The van der Waals surface area contributed by atoms with E-state index in [4.69, 9.17) is 15.8 Å². The first-order valence-electron chi connectivity index (χ1n) is 2.05. The summed E-state index contributed by atoms with van der Waals surface area (Å²) < 4.78 is 4.91. The molecule has 0 aromatic heterocycles. The molecule has 0 saturated heterocycles. The van der Waals surface area contributed by atoms with Crippen molar-refractivity contribution in [1.82, 2.24) is 0 Å². The van der Waals surface area contributed by atoms with Gasteiger partial charge >= 0.3 is 0 Å².